The molecule has 0 fully saturated rings. The predicted octanol–water partition coefficient (Wildman–Crippen LogP) is 2.86. The molecule has 2 heteroatoms. The minimum Gasteiger partial charge on any atom is -0.392 e. The Balaban J connectivity index is 2.41. The highest BCUT2D eigenvalue weighted by Crippen LogP contribution is 2.19. The maximum atomic E-state index is 9.35. The van der Waals surface area contributed by atoms with Crippen LogP contribution in [0.5, 0.6) is 0 Å². The molecule has 1 aromatic rings. The SMILES string of the molecule is CCC(O)CSc1ccc(C)cc1. The quantitative estimate of drug-likeness (QED) is 0.747. The van der Waals surface area contributed by atoms with Crippen molar-refractivity contribution in [2.45, 2.75) is 31.3 Å². The number of thioether (sulfide) groups is 1. The van der Waals surface area contributed by atoms with Crippen LogP contribution in [0.4, 0.5) is 0 Å². The van der Waals surface area contributed by atoms with Crippen LogP contribution in [0.2, 0.25) is 0 Å². The average molecular weight is 196 g/mol. The molecule has 0 aromatic heterocycles. The summed E-state index contributed by atoms with van der Waals surface area (Å²) in [5.41, 5.74) is 1.28. The van der Waals surface area contributed by atoms with E-state index in [2.05, 4.69) is 31.2 Å². The maximum absolute atomic E-state index is 9.35. The van der Waals surface area contributed by atoms with Crippen molar-refractivity contribution in [3.05, 3.63) is 29.8 Å². The van der Waals surface area contributed by atoms with E-state index in [-0.39, 0.29) is 6.10 Å². The first kappa shape index (κ1) is 10.6. The van der Waals surface area contributed by atoms with Gasteiger partial charge in [0.1, 0.15) is 0 Å². The van der Waals surface area contributed by atoms with Gasteiger partial charge in [-0.15, -0.1) is 11.8 Å². The second kappa shape index (κ2) is 5.30. The molecule has 13 heavy (non-hydrogen) atoms. The predicted molar refractivity (Wildman–Crippen MR) is 58.2 cm³/mol. The fourth-order valence-corrected chi connectivity index (χ4v) is 1.89. The zero-order chi connectivity index (χ0) is 9.68. The molecule has 0 aliphatic carbocycles. The van der Waals surface area contributed by atoms with E-state index in [0.29, 0.717) is 0 Å². The number of benzene rings is 1. The van der Waals surface area contributed by atoms with Gasteiger partial charge < -0.3 is 5.11 Å². The van der Waals surface area contributed by atoms with Crippen LogP contribution in [0.3, 0.4) is 0 Å². The highest BCUT2D eigenvalue weighted by molar-refractivity contribution is 7.99. The van der Waals surface area contributed by atoms with E-state index in [1.165, 1.54) is 10.5 Å². The lowest BCUT2D eigenvalue weighted by atomic mass is 10.2. The van der Waals surface area contributed by atoms with Crippen LogP contribution in [0.1, 0.15) is 18.9 Å². The molecule has 0 radical (unpaired) electrons. The molecule has 0 aliphatic rings. The van der Waals surface area contributed by atoms with Gasteiger partial charge in [0.2, 0.25) is 0 Å². The van der Waals surface area contributed by atoms with Gasteiger partial charge in [-0.3, -0.25) is 0 Å². The third kappa shape index (κ3) is 3.83. The molecule has 1 unspecified atom stereocenters. The van der Waals surface area contributed by atoms with Crippen molar-refractivity contribution < 1.29 is 5.11 Å². The Labute approximate surface area is 84.2 Å². The minimum absolute atomic E-state index is 0.175. The molecule has 0 spiro atoms. The van der Waals surface area contributed by atoms with Gasteiger partial charge in [-0.05, 0) is 25.5 Å². The second-order valence-corrected chi connectivity index (χ2v) is 4.28. The van der Waals surface area contributed by atoms with Crippen LogP contribution < -0.4 is 0 Å². The topological polar surface area (TPSA) is 20.2 Å². The average Bonchev–Trinajstić information content (AvgIpc) is 2.16. The lowest BCUT2D eigenvalue weighted by Gasteiger charge is -2.06. The van der Waals surface area contributed by atoms with E-state index < -0.39 is 0 Å². The second-order valence-electron chi connectivity index (χ2n) is 3.19. The van der Waals surface area contributed by atoms with Crippen LogP contribution >= 0.6 is 11.8 Å². The minimum atomic E-state index is -0.175. The summed E-state index contributed by atoms with van der Waals surface area (Å²) < 4.78 is 0. The fourth-order valence-electron chi connectivity index (χ4n) is 0.945. The molecule has 1 atom stereocenters. The summed E-state index contributed by atoms with van der Waals surface area (Å²) in [5.74, 6) is 0.791. The van der Waals surface area contributed by atoms with Gasteiger partial charge in [0.25, 0.3) is 0 Å². The zero-order valence-electron chi connectivity index (χ0n) is 8.16. The number of aliphatic hydroxyl groups excluding tert-OH is 1. The molecule has 0 aliphatic heterocycles. The molecular formula is C11H16OS. The number of aliphatic hydroxyl groups is 1. The molecule has 1 rings (SSSR count). The third-order valence-corrected chi connectivity index (χ3v) is 3.09. The van der Waals surface area contributed by atoms with Crippen LogP contribution in [0.15, 0.2) is 29.2 Å². The van der Waals surface area contributed by atoms with E-state index in [1.54, 1.807) is 11.8 Å². The van der Waals surface area contributed by atoms with Crippen LogP contribution in [0.25, 0.3) is 0 Å². The Kier molecular flexibility index (Phi) is 4.33. The first-order valence-electron chi connectivity index (χ1n) is 4.60. The Morgan fingerprint density at radius 3 is 2.46 bits per heavy atom. The Hall–Kier alpha value is -0.470. The molecule has 0 saturated carbocycles. The molecule has 0 saturated heterocycles. The van der Waals surface area contributed by atoms with Crippen molar-refractivity contribution in [1.82, 2.24) is 0 Å². The number of aryl methyl sites for hydroxylation is 1. The maximum Gasteiger partial charge on any atom is 0.0631 e. The Morgan fingerprint density at radius 2 is 1.92 bits per heavy atom. The zero-order valence-corrected chi connectivity index (χ0v) is 8.97. The van der Waals surface area contributed by atoms with Gasteiger partial charge in [0.15, 0.2) is 0 Å². The monoisotopic (exact) mass is 196 g/mol. The lowest BCUT2D eigenvalue weighted by Crippen LogP contribution is -2.06. The Morgan fingerprint density at radius 1 is 1.31 bits per heavy atom. The summed E-state index contributed by atoms with van der Waals surface area (Å²) in [6, 6.07) is 8.39. The summed E-state index contributed by atoms with van der Waals surface area (Å²) in [7, 11) is 0. The summed E-state index contributed by atoms with van der Waals surface area (Å²) >= 11 is 1.71. The summed E-state index contributed by atoms with van der Waals surface area (Å²) in [4.78, 5) is 1.23. The first-order valence-corrected chi connectivity index (χ1v) is 5.58. The van der Waals surface area contributed by atoms with Gasteiger partial charge in [-0.1, -0.05) is 24.6 Å². The first-order chi connectivity index (χ1) is 6.22. The summed E-state index contributed by atoms with van der Waals surface area (Å²) in [5, 5.41) is 9.35. The van der Waals surface area contributed by atoms with E-state index >= 15 is 0 Å². The lowest BCUT2D eigenvalue weighted by molar-refractivity contribution is 0.195. The summed E-state index contributed by atoms with van der Waals surface area (Å²) in [6.07, 6.45) is 0.657. The largest absolute Gasteiger partial charge is 0.392 e. The normalized spacial score (nSPS) is 12.8. The van der Waals surface area contributed by atoms with Gasteiger partial charge in [-0.25, -0.2) is 0 Å². The van der Waals surface area contributed by atoms with Crippen molar-refractivity contribution in [3.63, 3.8) is 0 Å². The van der Waals surface area contributed by atoms with E-state index in [1.807, 2.05) is 6.92 Å². The highest BCUT2D eigenvalue weighted by Gasteiger charge is 2.01. The molecule has 1 aromatic carbocycles. The molecule has 0 heterocycles. The summed E-state index contributed by atoms with van der Waals surface area (Å²) in [6.45, 7) is 4.08. The van der Waals surface area contributed by atoms with E-state index in [4.69, 9.17) is 0 Å². The van der Waals surface area contributed by atoms with Crippen LogP contribution in [-0.2, 0) is 0 Å². The number of hydrogen-bond donors (Lipinski definition) is 1. The van der Waals surface area contributed by atoms with Gasteiger partial charge in [0.05, 0.1) is 6.10 Å². The fraction of sp³-hybridized carbons (Fsp3) is 0.455. The van der Waals surface area contributed by atoms with E-state index in [0.717, 1.165) is 12.2 Å². The third-order valence-electron chi connectivity index (χ3n) is 1.93. The van der Waals surface area contributed by atoms with Crippen molar-refractivity contribution >= 4 is 11.8 Å². The van der Waals surface area contributed by atoms with Crippen molar-refractivity contribution in [2.24, 2.45) is 0 Å². The van der Waals surface area contributed by atoms with Crippen LogP contribution in [0, 0.1) is 6.92 Å². The molecule has 1 N–H and O–H groups in total. The van der Waals surface area contributed by atoms with Gasteiger partial charge in [0, 0.05) is 10.6 Å². The number of hydrogen-bond acceptors (Lipinski definition) is 2. The standard InChI is InChI=1S/C11H16OS/c1-3-10(12)8-13-11-6-4-9(2)5-7-11/h4-7,10,12H,3,8H2,1-2H3. The molecule has 0 amide bonds. The number of rotatable bonds is 4. The smallest absolute Gasteiger partial charge is 0.0631 e. The van der Waals surface area contributed by atoms with Gasteiger partial charge >= 0.3 is 0 Å². The molecule has 0 bridgehead atoms. The molecule has 1 nitrogen and oxygen atoms in total. The van der Waals surface area contributed by atoms with Crippen LogP contribution in [-0.4, -0.2) is 17.0 Å². The van der Waals surface area contributed by atoms with Crippen molar-refractivity contribution in [1.29, 1.82) is 0 Å². The molecular weight excluding hydrogens is 180 g/mol. The molecule has 72 valence electrons. The van der Waals surface area contributed by atoms with E-state index in [9.17, 15) is 5.11 Å². The Bertz CT molecular complexity index is 243. The van der Waals surface area contributed by atoms with Crippen molar-refractivity contribution in [3.8, 4) is 0 Å². The van der Waals surface area contributed by atoms with Gasteiger partial charge in [-0.2, -0.15) is 0 Å². The highest BCUT2D eigenvalue weighted by atomic mass is 32.2. The van der Waals surface area contributed by atoms with Crippen molar-refractivity contribution in [2.75, 3.05) is 5.75 Å².